The Hall–Kier alpha value is -0.570. The standard InChI is InChI=1S/C12H22O3/c1-3-4-5-10-6-9(2)7-11(8-13)15-12(10)14/h9-11,13H,3-8H2,1-2H3. The van der Waals surface area contributed by atoms with E-state index in [1.165, 1.54) is 0 Å². The summed E-state index contributed by atoms with van der Waals surface area (Å²) in [6.45, 7) is 4.21. The molecule has 0 aromatic carbocycles. The first-order valence-electron chi connectivity index (χ1n) is 5.98. The summed E-state index contributed by atoms with van der Waals surface area (Å²) in [5.74, 6) is 0.416. The van der Waals surface area contributed by atoms with Gasteiger partial charge in [0.2, 0.25) is 0 Å². The second-order valence-electron chi connectivity index (χ2n) is 4.66. The van der Waals surface area contributed by atoms with E-state index < -0.39 is 0 Å². The van der Waals surface area contributed by atoms with E-state index in [1.54, 1.807) is 0 Å². The van der Waals surface area contributed by atoms with Crippen LogP contribution in [0.3, 0.4) is 0 Å². The Morgan fingerprint density at radius 3 is 2.80 bits per heavy atom. The predicted molar refractivity (Wildman–Crippen MR) is 58.4 cm³/mol. The van der Waals surface area contributed by atoms with Crippen molar-refractivity contribution in [3.63, 3.8) is 0 Å². The summed E-state index contributed by atoms with van der Waals surface area (Å²) in [6, 6.07) is 0. The van der Waals surface area contributed by atoms with Crippen molar-refractivity contribution >= 4 is 5.97 Å². The molecule has 1 heterocycles. The number of unbranched alkanes of at least 4 members (excludes halogenated alkanes) is 1. The zero-order valence-corrected chi connectivity index (χ0v) is 9.74. The van der Waals surface area contributed by atoms with Crippen LogP contribution in [0, 0.1) is 11.8 Å². The van der Waals surface area contributed by atoms with Gasteiger partial charge in [0.15, 0.2) is 0 Å². The van der Waals surface area contributed by atoms with Crippen LogP contribution in [0.25, 0.3) is 0 Å². The summed E-state index contributed by atoms with van der Waals surface area (Å²) in [4.78, 5) is 11.7. The Morgan fingerprint density at radius 2 is 2.20 bits per heavy atom. The number of aliphatic hydroxyl groups excluding tert-OH is 1. The van der Waals surface area contributed by atoms with Crippen LogP contribution in [0.5, 0.6) is 0 Å². The molecule has 15 heavy (non-hydrogen) atoms. The molecule has 88 valence electrons. The zero-order chi connectivity index (χ0) is 11.3. The van der Waals surface area contributed by atoms with Gasteiger partial charge in [-0.1, -0.05) is 26.7 Å². The van der Waals surface area contributed by atoms with Crippen LogP contribution in [0.15, 0.2) is 0 Å². The average Bonchev–Trinajstić information content (AvgIpc) is 2.35. The van der Waals surface area contributed by atoms with Gasteiger partial charge < -0.3 is 9.84 Å². The third kappa shape index (κ3) is 3.82. The van der Waals surface area contributed by atoms with Gasteiger partial charge in [-0.15, -0.1) is 0 Å². The van der Waals surface area contributed by atoms with Crippen LogP contribution in [0.4, 0.5) is 0 Å². The van der Waals surface area contributed by atoms with Crippen molar-refractivity contribution in [2.24, 2.45) is 11.8 Å². The average molecular weight is 214 g/mol. The molecule has 3 unspecified atom stereocenters. The third-order valence-electron chi connectivity index (χ3n) is 3.08. The fourth-order valence-corrected chi connectivity index (χ4v) is 2.23. The molecular formula is C12H22O3. The van der Waals surface area contributed by atoms with E-state index in [-0.39, 0.29) is 24.6 Å². The van der Waals surface area contributed by atoms with E-state index in [1.807, 2.05) is 0 Å². The number of esters is 1. The van der Waals surface area contributed by atoms with Crippen molar-refractivity contribution in [1.82, 2.24) is 0 Å². The highest BCUT2D eigenvalue weighted by atomic mass is 16.6. The first-order chi connectivity index (χ1) is 7.17. The van der Waals surface area contributed by atoms with E-state index >= 15 is 0 Å². The summed E-state index contributed by atoms with van der Waals surface area (Å²) in [5, 5.41) is 9.04. The number of ether oxygens (including phenoxy) is 1. The maximum Gasteiger partial charge on any atom is 0.309 e. The van der Waals surface area contributed by atoms with Crippen LogP contribution in [-0.2, 0) is 9.53 Å². The van der Waals surface area contributed by atoms with E-state index in [9.17, 15) is 4.79 Å². The molecule has 0 bridgehead atoms. The number of carbonyl (C=O) groups excluding carboxylic acids is 1. The smallest absolute Gasteiger partial charge is 0.309 e. The molecule has 1 fully saturated rings. The predicted octanol–water partition coefficient (Wildman–Crippen LogP) is 2.13. The number of rotatable bonds is 4. The van der Waals surface area contributed by atoms with Gasteiger partial charge >= 0.3 is 5.97 Å². The number of hydrogen-bond donors (Lipinski definition) is 1. The Morgan fingerprint density at radius 1 is 1.47 bits per heavy atom. The Kier molecular flexibility index (Phi) is 5.09. The highest BCUT2D eigenvalue weighted by Gasteiger charge is 2.30. The molecule has 0 aliphatic carbocycles. The summed E-state index contributed by atoms with van der Waals surface area (Å²) in [7, 11) is 0. The molecule has 1 aliphatic rings. The van der Waals surface area contributed by atoms with Gasteiger partial charge in [0.1, 0.15) is 6.10 Å². The van der Waals surface area contributed by atoms with Crippen molar-refractivity contribution in [3.05, 3.63) is 0 Å². The molecule has 1 aliphatic heterocycles. The maximum absolute atomic E-state index is 11.7. The molecular weight excluding hydrogens is 192 g/mol. The van der Waals surface area contributed by atoms with Crippen molar-refractivity contribution in [1.29, 1.82) is 0 Å². The molecule has 0 aromatic rings. The quantitative estimate of drug-likeness (QED) is 0.729. The molecule has 0 spiro atoms. The Labute approximate surface area is 91.8 Å². The Bertz CT molecular complexity index is 203. The summed E-state index contributed by atoms with van der Waals surface area (Å²) in [6.07, 6.45) is 4.55. The summed E-state index contributed by atoms with van der Waals surface area (Å²) in [5.41, 5.74) is 0. The normalized spacial score (nSPS) is 32.2. The topological polar surface area (TPSA) is 46.5 Å². The summed E-state index contributed by atoms with van der Waals surface area (Å²) < 4.78 is 5.25. The number of hydrogen-bond acceptors (Lipinski definition) is 3. The van der Waals surface area contributed by atoms with Gasteiger partial charge in [-0.05, 0) is 25.2 Å². The van der Waals surface area contributed by atoms with Crippen molar-refractivity contribution < 1.29 is 14.6 Å². The lowest BCUT2D eigenvalue weighted by Gasteiger charge is -2.14. The third-order valence-corrected chi connectivity index (χ3v) is 3.08. The van der Waals surface area contributed by atoms with Gasteiger partial charge in [0.05, 0.1) is 12.5 Å². The van der Waals surface area contributed by atoms with Crippen molar-refractivity contribution in [2.45, 2.75) is 52.1 Å². The number of carbonyl (C=O) groups is 1. The minimum atomic E-state index is -0.279. The molecule has 1 rings (SSSR count). The Balaban J connectivity index is 2.53. The fraction of sp³-hybridized carbons (Fsp3) is 0.917. The molecule has 0 saturated carbocycles. The summed E-state index contributed by atoms with van der Waals surface area (Å²) >= 11 is 0. The minimum Gasteiger partial charge on any atom is -0.460 e. The van der Waals surface area contributed by atoms with Gasteiger partial charge in [-0.3, -0.25) is 4.79 Å². The molecule has 0 aromatic heterocycles. The van der Waals surface area contributed by atoms with Gasteiger partial charge in [-0.25, -0.2) is 0 Å². The largest absolute Gasteiger partial charge is 0.460 e. The number of aliphatic hydroxyl groups is 1. The second-order valence-corrected chi connectivity index (χ2v) is 4.66. The van der Waals surface area contributed by atoms with Crippen LogP contribution in [0.2, 0.25) is 0 Å². The monoisotopic (exact) mass is 214 g/mol. The van der Waals surface area contributed by atoms with Crippen LogP contribution in [0.1, 0.15) is 46.0 Å². The number of cyclic esters (lactones) is 1. The minimum absolute atomic E-state index is 0.0451. The van der Waals surface area contributed by atoms with Crippen molar-refractivity contribution in [2.75, 3.05) is 6.61 Å². The lowest BCUT2D eigenvalue weighted by molar-refractivity contribution is -0.154. The lowest BCUT2D eigenvalue weighted by Crippen LogP contribution is -2.23. The molecule has 1 N–H and O–H groups in total. The van der Waals surface area contributed by atoms with Crippen molar-refractivity contribution in [3.8, 4) is 0 Å². The van der Waals surface area contributed by atoms with Gasteiger partial charge in [0.25, 0.3) is 0 Å². The SMILES string of the molecule is CCCCC1CC(C)CC(CO)OC1=O. The molecule has 1 saturated heterocycles. The zero-order valence-electron chi connectivity index (χ0n) is 9.74. The molecule has 3 heteroatoms. The maximum atomic E-state index is 11.7. The van der Waals surface area contributed by atoms with Crippen LogP contribution >= 0.6 is 0 Å². The molecule has 0 amide bonds. The van der Waals surface area contributed by atoms with Gasteiger partial charge in [-0.2, -0.15) is 0 Å². The first-order valence-corrected chi connectivity index (χ1v) is 5.98. The van der Waals surface area contributed by atoms with Crippen LogP contribution in [-0.4, -0.2) is 23.8 Å². The van der Waals surface area contributed by atoms with Gasteiger partial charge in [0, 0.05) is 0 Å². The van der Waals surface area contributed by atoms with E-state index in [4.69, 9.17) is 9.84 Å². The molecule has 3 nitrogen and oxygen atoms in total. The fourth-order valence-electron chi connectivity index (χ4n) is 2.23. The lowest BCUT2D eigenvalue weighted by atomic mass is 9.90. The van der Waals surface area contributed by atoms with E-state index in [2.05, 4.69) is 13.8 Å². The van der Waals surface area contributed by atoms with Crippen LogP contribution < -0.4 is 0 Å². The highest BCUT2D eigenvalue weighted by Crippen LogP contribution is 2.27. The highest BCUT2D eigenvalue weighted by molar-refractivity contribution is 5.72. The van der Waals surface area contributed by atoms with E-state index in [0.717, 1.165) is 32.1 Å². The second kappa shape index (κ2) is 6.11. The van der Waals surface area contributed by atoms with E-state index in [0.29, 0.717) is 5.92 Å². The first kappa shape index (κ1) is 12.5. The molecule has 3 atom stereocenters. The molecule has 0 radical (unpaired) electrons.